The molecule has 0 spiro atoms. The van der Waals surface area contributed by atoms with Crippen molar-refractivity contribution in [3.8, 4) is 0 Å². The van der Waals surface area contributed by atoms with Gasteiger partial charge in [0.1, 0.15) is 13.1 Å². The summed E-state index contributed by atoms with van der Waals surface area (Å²) in [5.74, 6) is -0.0104. The zero-order chi connectivity index (χ0) is 22.1. The van der Waals surface area contributed by atoms with Crippen LogP contribution < -0.4 is 5.32 Å². The van der Waals surface area contributed by atoms with Gasteiger partial charge in [-0.2, -0.15) is 13.2 Å². The number of carbonyl (C=O) groups is 2. The minimum Gasteiger partial charge on any atom is -0.357 e. The first-order valence-electron chi connectivity index (χ1n) is 10.5. The Morgan fingerprint density at radius 2 is 1.61 bits per heavy atom. The molecule has 2 amide bonds. The number of aliphatic imine (C=N–C) groups is 1. The van der Waals surface area contributed by atoms with E-state index in [0.717, 1.165) is 33.0 Å². The summed E-state index contributed by atoms with van der Waals surface area (Å²) in [6, 6.07) is 0. The van der Waals surface area contributed by atoms with Crippen molar-refractivity contribution in [2.24, 2.45) is 4.99 Å². The van der Waals surface area contributed by atoms with Crippen LogP contribution in [0.15, 0.2) is 4.99 Å². The molecule has 12 heteroatoms. The fourth-order valence-corrected chi connectivity index (χ4v) is 3.60. The van der Waals surface area contributed by atoms with Crippen molar-refractivity contribution in [3.05, 3.63) is 0 Å². The minimum absolute atomic E-state index is 0. The normalized spacial score (nSPS) is 18.4. The third kappa shape index (κ3) is 9.79. The fourth-order valence-electron chi connectivity index (χ4n) is 3.60. The molecule has 2 saturated heterocycles. The summed E-state index contributed by atoms with van der Waals surface area (Å²) in [5.41, 5.74) is 0. The number of guanidine groups is 1. The topological polar surface area (TPSA) is 71.5 Å². The maximum atomic E-state index is 12.4. The highest BCUT2D eigenvalue weighted by Gasteiger charge is 2.31. The summed E-state index contributed by atoms with van der Waals surface area (Å²) in [6.45, 7) is 5.56. The Morgan fingerprint density at radius 3 is 2.16 bits per heavy atom. The van der Waals surface area contributed by atoms with E-state index in [0.29, 0.717) is 50.1 Å². The summed E-state index contributed by atoms with van der Waals surface area (Å²) < 4.78 is 37.3. The number of halogens is 4. The number of nitrogens with zero attached hydrogens (tertiary/aromatic N) is 5. The first-order chi connectivity index (χ1) is 14.2. The van der Waals surface area contributed by atoms with Gasteiger partial charge in [-0.25, -0.2) is 4.99 Å². The van der Waals surface area contributed by atoms with Gasteiger partial charge in [-0.15, -0.1) is 24.0 Å². The van der Waals surface area contributed by atoms with E-state index in [2.05, 4.69) is 15.2 Å². The second-order valence-electron chi connectivity index (χ2n) is 7.74. The zero-order valence-corrected chi connectivity index (χ0v) is 20.6. The summed E-state index contributed by atoms with van der Waals surface area (Å²) in [6.07, 6.45) is -1.11. The highest BCUT2D eigenvalue weighted by molar-refractivity contribution is 14.0. The summed E-state index contributed by atoms with van der Waals surface area (Å²) in [7, 11) is 1.12. The van der Waals surface area contributed by atoms with Gasteiger partial charge < -0.3 is 20.0 Å². The first kappa shape index (κ1) is 27.7. The molecule has 0 aromatic carbocycles. The van der Waals surface area contributed by atoms with Gasteiger partial charge in [0.05, 0.1) is 6.54 Å². The van der Waals surface area contributed by atoms with Crippen LogP contribution in [0.4, 0.5) is 13.2 Å². The van der Waals surface area contributed by atoms with Gasteiger partial charge >= 0.3 is 6.18 Å². The largest absolute Gasteiger partial charge is 0.406 e. The quantitative estimate of drug-likeness (QED) is 0.300. The Kier molecular flexibility index (Phi) is 11.9. The number of hydrogen-bond donors (Lipinski definition) is 1. The number of likely N-dealkylation sites (N-methyl/N-ethyl adjacent to an activating group) is 1. The van der Waals surface area contributed by atoms with Gasteiger partial charge in [0, 0.05) is 52.9 Å². The third-order valence-electron chi connectivity index (χ3n) is 5.28. The summed E-state index contributed by atoms with van der Waals surface area (Å²) in [5, 5.41) is 3.09. The second-order valence-corrected chi connectivity index (χ2v) is 7.74. The highest BCUT2D eigenvalue weighted by Crippen LogP contribution is 2.15. The van der Waals surface area contributed by atoms with E-state index in [1.54, 1.807) is 0 Å². The number of rotatable bonds is 6. The lowest BCUT2D eigenvalue weighted by atomic mass is 10.1. The van der Waals surface area contributed by atoms with Gasteiger partial charge in [-0.3, -0.25) is 14.5 Å². The van der Waals surface area contributed by atoms with Crippen LogP contribution in [0.3, 0.4) is 0 Å². The minimum atomic E-state index is -4.43. The van der Waals surface area contributed by atoms with Crippen LogP contribution in [0.1, 0.15) is 26.2 Å². The lowest BCUT2D eigenvalue weighted by molar-refractivity contribution is -0.157. The maximum absolute atomic E-state index is 12.4. The Labute approximate surface area is 199 Å². The smallest absolute Gasteiger partial charge is 0.357 e. The van der Waals surface area contributed by atoms with Crippen molar-refractivity contribution in [1.82, 2.24) is 24.9 Å². The molecule has 2 aliphatic rings. The molecule has 0 saturated carbocycles. The molecule has 2 rings (SSSR count). The van der Waals surface area contributed by atoms with E-state index < -0.39 is 18.6 Å². The lowest BCUT2D eigenvalue weighted by Crippen LogP contribution is -2.54. The molecular formula is C19H34F3IN6O2. The number of likely N-dealkylation sites (tertiary alicyclic amines) is 1. The molecular weight excluding hydrogens is 528 g/mol. The van der Waals surface area contributed by atoms with E-state index in [4.69, 9.17) is 0 Å². The van der Waals surface area contributed by atoms with Gasteiger partial charge in [0.15, 0.2) is 5.96 Å². The average molecular weight is 562 g/mol. The average Bonchev–Trinajstić information content (AvgIpc) is 2.71. The van der Waals surface area contributed by atoms with Gasteiger partial charge in [-0.05, 0) is 26.2 Å². The van der Waals surface area contributed by atoms with Crippen molar-refractivity contribution in [1.29, 1.82) is 0 Å². The first-order valence-corrected chi connectivity index (χ1v) is 10.5. The second kappa shape index (κ2) is 13.3. The van der Waals surface area contributed by atoms with Crippen molar-refractivity contribution < 1.29 is 22.8 Å². The predicted octanol–water partition coefficient (Wildman–Crippen LogP) is 1.22. The lowest BCUT2D eigenvalue weighted by Gasteiger charge is -2.37. The molecule has 180 valence electrons. The molecule has 0 aromatic rings. The zero-order valence-electron chi connectivity index (χ0n) is 18.3. The summed E-state index contributed by atoms with van der Waals surface area (Å²) >= 11 is 0. The van der Waals surface area contributed by atoms with E-state index in [-0.39, 0.29) is 36.4 Å². The van der Waals surface area contributed by atoms with E-state index >= 15 is 0 Å². The Bertz CT molecular complexity index is 606. The number of amides is 2. The van der Waals surface area contributed by atoms with Gasteiger partial charge in [0.2, 0.25) is 11.8 Å². The molecule has 31 heavy (non-hydrogen) atoms. The summed E-state index contributed by atoms with van der Waals surface area (Å²) in [4.78, 5) is 35.3. The van der Waals surface area contributed by atoms with Crippen molar-refractivity contribution >= 4 is 41.8 Å². The van der Waals surface area contributed by atoms with Crippen LogP contribution in [-0.2, 0) is 9.59 Å². The maximum Gasteiger partial charge on any atom is 0.406 e. The standard InChI is InChI=1S/C19H33F3N6O2.HI/c1-3-23-18(24-13-16(29)25(2)15-19(20,21)22)28-11-9-26(10-12-28)14-17(30)27-7-5-4-6-8-27;/h3-15H2,1-2H3,(H,23,24);1H. The molecule has 0 aromatic heterocycles. The Hall–Kier alpha value is -1.31. The molecule has 0 aliphatic carbocycles. The number of alkyl halides is 3. The number of piperazine rings is 1. The number of hydrogen-bond acceptors (Lipinski definition) is 4. The van der Waals surface area contributed by atoms with Crippen LogP contribution in [0.25, 0.3) is 0 Å². The number of piperidine rings is 1. The number of carbonyl (C=O) groups excluding carboxylic acids is 2. The van der Waals surface area contributed by atoms with Crippen molar-refractivity contribution in [2.75, 3.05) is 72.5 Å². The van der Waals surface area contributed by atoms with E-state index in [9.17, 15) is 22.8 Å². The molecule has 1 N–H and O–H groups in total. The molecule has 0 radical (unpaired) electrons. The Balaban J connectivity index is 0.00000480. The van der Waals surface area contributed by atoms with Crippen molar-refractivity contribution in [2.45, 2.75) is 32.4 Å². The van der Waals surface area contributed by atoms with Crippen LogP contribution in [0.5, 0.6) is 0 Å². The van der Waals surface area contributed by atoms with Gasteiger partial charge in [0.25, 0.3) is 0 Å². The molecule has 2 fully saturated rings. The molecule has 2 aliphatic heterocycles. The molecule has 0 atom stereocenters. The molecule has 2 heterocycles. The van der Waals surface area contributed by atoms with E-state index in [1.165, 1.54) is 6.42 Å². The third-order valence-corrected chi connectivity index (χ3v) is 5.28. The molecule has 0 bridgehead atoms. The van der Waals surface area contributed by atoms with Crippen LogP contribution in [0, 0.1) is 0 Å². The predicted molar refractivity (Wildman–Crippen MR) is 124 cm³/mol. The number of nitrogens with one attached hydrogen (secondary N) is 1. The SMILES string of the molecule is CCNC(=NCC(=O)N(C)CC(F)(F)F)N1CCN(CC(=O)N2CCCCC2)CC1.I. The van der Waals surface area contributed by atoms with E-state index in [1.807, 2.05) is 16.7 Å². The highest BCUT2D eigenvalue weighted by atomic mass is 127. The molecule has 8 nitrogen and oxygen atoms in total. The Morgan fingerprint density at radius 1 is 1.00 bits per heavy atom. The monoisotopic (exact) mass is 562 g/mol. The van der Waals surface area contributed by atoms with Gasteiger partial charge in [-0.1, -0.05) is 0 Å². The van der Waals surface area contributed by atoms with Crippen molar-refractivity contribution in [3.63, 3.8) is 0 Å². The molecule has 0 unspecified atom stereocenters. The van der Waals surface area contributed by atoms with Crippen LogP contribution >= 0.6 is 24.0 Å². The van der Waals surface area contributed by atoms with Crippen LogP contribution in [-0.4, -0.2) is 116 Å². The van der Waals surface area contributed by atoms with Crippen LogP contribution in [0.2, 0.25) is 0 Å². The fraction of sp³-hybridized carbons (Fsp3) is 0.842.